The Morgan fingerprint density at radius 2 is 1.81 bits per heavy atom. The van der Waals surface area contributed by atoms with Crippen molar-refractivity contribution in [3.8, 4) is 17.0 Å². The number of rotatable bonds is 6. The molecule has 0 aliphatic heterocycles. The van der Waals surface area contributed by atoms with E-state index in [9.17, 15) is 4.79 Å². The van der Waals surface area contributed by atoms with Crippen molar-refractivity contribution in [3.63, 3.8) is 0 Å². The van der Waals surface area contributed by atoms with Gasteiger partial charge < -0.3 is 10.1 Å². The average Bonchev–Trinajstić information content (AvgIpc) is 3.16. The van der Waals surface area contributed by atoms with Crippen LogP contribution in [-0.2, 0) is 11.2 Å². The highest BCUT2D eigenvalue weighted by molar-refractivity contribution is 6.35. The minimum absolute atomic E-state index is 0.127. The lowest BCUT2D eigenvalue weighted by molar-refractivity contribution is -0.116. The number of aromatic nitrogens is 3. The van der Waals surface area contributed by atoms with Crippen LogP contribution in [0.5, 0.6) is 5.75 Å². The van der Waals surface area contributed by atoms with Gasteiger partial charge in [-0.15, -0.1) is 0 Å². The van der Waals surface area contributed by atoms with Gasteiger partial charge in [0.15, 0.2) is 5.65 Å². The number of fused-ring (bicyclic) bond motifs is 1. The van der Waals surface area contributed by atoms with E-state index in [2.05, 4.69) is 5.32 Å². The average molecular weight is 469 g/mol. The van der Waals surface area contributed by atoms with Crippen molar-refractivity contribution in [2.24, 2.45) is 0 Å². The Labute approximate surface area is 196 Å². The molecule has 2 aromatic heterocycles. The van der Waals surface area contributed by atoms with Crippen LogP contribution in [0.25, 0.3) is 16.9 Å². The lowest BCUT2D eigenvalue weighted by Crippen LogP contribution is -2.14. The number of carbonyl (C=O) groups excluding carboxylic acids is 1. The summed E-state index contributed by atoms with van der Waals surface area (Å²) in [5.41, 5.74) is 5.83. The number of amides is 1. The molecule has 0 saturated carbocycles. The molecule has 0 spiro atoms. The minimum atomic E-state index is -0.127. The lowest BCUT2D eigenvalue weighted by Gasteiger charge is -2.11. The number of nitrogens with zero attached hydrogens (tertiary/aromatic N) is 3. The van der Waals surface area contributed by atoms with Crippen LogP contribution in [-0.4, -0.2) is 27.6 Å². The molecule has 4 aromatic rings. The summed E-state index contributed by atoms with van der Waals surface area (Å²) in [6.45, 7) is 3.94. The summed E-state index contributed by atoms with van der Waals surface area (Å²) in [5, 5.41) is 8.54. The first-order valence-electron chi connectivity index (χ1n) is 10.1. The Morgan fingerprint density at radius 3 is 2.53 bits per heavy atom. The molecular formula is C24H22Cl2N4O2. The van der Waals surface area contributed by atoms with Gasteiger partial charge in [-0.2, -0.15) is 5.10 Å². The van der Waals surface area contributed by atoms with E-state index < -0.39 is 0 Å². The Morgan fingerprint density at radius 1 is 1.09 bits per heavy atom. The molecule has 0 bridgehead atoms. The number of aryl methyl sites for hydroxylation is 2. The van der Waals surface area contributed by atoms with Crippen molar-refractivity contribution >= 4 is 40.4 Å². The van der Waals surface area contributed by atoms with Gasteiger partial charge in [-0.1, -0.05) is 35.3 Å². The Bertz CT molecular complexity index is 1300. The van der Waals surface area contributed by atoms with Gasteiger partial charge in [-0.3, -0.25) is 4.79 Å². The van der Waals surface area contributed by atoms with Crippen molar-refractivity contribution in [1.29, 1.82) is 0 Å². The zero-order chi connectivity index (χ0) is 22.8. The Hall–Kier alpha value is -3.09. The van der Waals surface area contributed by atoms with Gasteiger partial charge in [-0.25, -0.2) is 9.50 Å². The van der Waals surface area contributed by atoms with Crippen LogP contribution in [0.3, 0.4) is 0 Å². The highest BCUT2D eigenvalue weighted by Gasteiger charge is 2.16. The Balaban J connectivity index is 1.57. The van der Waals surface area contributed by atoms with Gasteiger partial charge >= 0.3 is 0 Å². The molecule has 32 heavy (non-hydrogen) atoms. The summed E-state index contributed by atoms with van der Waals surface area (Å²) >= 11 is 12.0. The maximum Gasteiger partial charge on any atom is 0.224 e. The first-order chi connectivity index (χ1) is 15.4. The third-order valence-electron chi connectivity index (χ3n) is 5.30. The number of halogens is 2. The van der Waals surface area contributed by atoms with Crippen molar-refractivity contribution in [2.75, 3.05) is 12.4 Å². The maximum absolute atomic E-state index is 12.5. The molecule has 4 rings (SSSR count). The van der Waals surface area contributed by atoms with Gasteiger partial charge in [0.2, 0.25) is 5.91 Å². The zero-order valence-electron chi connectivity index (χ0n) is 17.9. The summed E-state index contributed by atoms with van der Waals surface area (Å²) < 4.78 is 7.29. The topological polar surface area (TPSA) is 68.5 Å². The van der Waals surface area contributed by atoms with E-state index in [0.717, 1.165) is 39.6 Å². The molecule has 2 aromatic carbocycles. The van der Waals surface area contributed by atoms with Crippen LogP contribution < -0.4 is 10.1 Å². The van der Waals surface area contributed by atoms with Crippen LogP contribution in [0.1, 0.15) is 23.4 Å². The number of ether oxygens (including phenoxy) is 1. The van der Waals surface area contributed by atoms with E-state index in [1.807, 2.05) is 48.7 Å². The highest BCUT2D eigenvalue weighted by atomic mass is 35.5. The normalized spacial score (nSPS) is 11.0. The van der Waals surface area contributed by atoms with Crippen molar-refractivity contribution in [2.45, 2.75) is 26.7 Å². The number of anilines is 1. The molecule has 0 radical (unpaired) electrons. The molecule has 6 nitrogen and oxygen atoms in total. The molecule has 0 unspecified atom stereocenters. The molecule has 164 valence electrons. The maximum atomic E-state index is 12.5. The van der Waals surface area contributed by atoms with E-state index in [1.54, 1.807) is 25.3 Å². The number of para-hydroxylation sites is 1. The first-order valence-corrected chi connectivity index (χ1v) is 10.9. The third kappa shape index (κ3) is 4.56. The van der Waals surface area contributed by atoms with Crippen molar-refractivity contribution in [3.05, 3.63) is 75.5 Å². The quantitative estimate of drug-likeness (QED) is 0.382. The van der Waals surface area contributed by atoms with Crippen LogP contribution in [0, 0.1) is 13.8 Å². The third-order valence-corrected chi connectivity index (χ3v) is 5.73. The summed E-state index contributed by atoms with van der Waals surface area (Å²) in [5.74, 6) is 0.626. The monoisotopic (exact) mass is 468 g/mol. The molecule has 0 aliphatic rings. The molecule has 0 atom stereocenters. The van der Waals surface area contributed by atoms with E-state index in [4.69, 9.17) is 38.0 Å². The predicted octanol–water partition coefficient (Wildman–Crippen LogP) is 5.90. The summed E-state index contributed by atoms with van der Waals surface area (Å²) in [6, 6.07) is 14.6. The van der Waals surface area contributed by atoms with E-state index in [-0.39, 0.29) is 5.91 Å². The molecule has 0 fully saturated rings. The highest BCUT2D eigenvalue weighted by Crippen LogP contribution is 2.30. The number of hydrogen-bond acceptors (Lipinski definition) is 4. The fourth-order valence-corrected chi connectivity index (χ4v) is 4.29. The molecular weight excluding hydrogens is 447 g/mol. The summed E-state index contributed by atoms with van der Waals surface area (Å²) in [7, 11) is 1.64. The molecule has 1 N–H and O–H groups in total. The van der Waals surface area contributed by atoms with Gasteiger partial charge in [0, 0.05) is 45.2 Å². The van der Waals surface area contributed by atoms with Crippen LogP contribution in [0.2, 0.25) is 10.0 Å². The second kappa shape index (κ2) is 9.18. The van der Waals surface area contributed by atoms with Crippen LogP contribution in [0.15, 0.2) is 48.5 Å². The first kappa shape index (κ1) is 22.1. The van der Waals surface area contributed by atoms with E-state index in [1.165, 1.54) is 0 Å². The lowest BCUT2D eigenvalue weighted by atomic mass is 10.1. The summed E-state index contributed by atoms with van der Waals surface area (Å²) in [4.78, 5) is 17.2. The van der Waals surface area contributed by atoms with Crippen LogP contribution in [0.4, 0.5) is 5.69 Å². The number of nitrogens with one attached hydrogen (secondary N) is 1. The molecule has 0 saturated heterocycles. The van der Waals surface area contributed by atoms with E-state index >= 15 is 0 Å². The number of hydrogen-bond donors (Lipinski definition) is 1. The fraction of sp³-hybridized carbons (Fsp3) is 0.208. The number of methoxy groups -OCH3 is 1. The summed E-state index contributed by atoms with van der Waals surface area (Å²) in [6.07, 6.45) is 0.824. The second-order valence-corrected chi connectivity index (χ2v) is 8.34. The van der Waals surface area contributed by atoms with E-state index in [0.29, 0.717) is 28.6 Å². The molecule has 8 heteroatoms. The van der Waals surface area contributed by atoms with Crippen LogP contribution >= 0.6 is 23.2 Å². The minimum Gasteiger partial charge on any atom is -0.496 e. The molecule has 1 amide bonds. The standard InChI is InChI=1S/C24H22Cl2N4O2/c1-14-19(8-9-24(31)28-18-11-16(25)10-17(26)12-18)15(2)30-23(27-14)13-21(29-30)20-6-4-5-7-22(20)32-3/h4-7,10-13H,8-9H2,1-3H3,(H,28,31). The Kier molecular flexibility index (Phi) is 6.35. The van der Waals surface area contributed by atoms with Crippen molar-refractivity contribution < 1.29 is 9.53 Å². The van der Waals surface area contributed by atoms with Gasteiger partial charge in [0.05, 0.1) is 12.8 Å². The largest absolute Gasteiger partial charge is 0.496 e. The van der Waals surface area contributed by atoms with Crippen molar-refractivity contribution in [1.82, 2.24) is 14.6 Å². The molecule has 0 aliphatic carbocycles. The second-order valence-electron chi connectivity index (χ2n) is 7.47. The van der Waals surface area contributed by atoms with Gasteiger partial charge in [0.25, 0.3) is 0 Å². The number of benzene rings is 2. The smallest absolute Gasteiger partial charge is 0.224 e. The fourth-order valence-electron chi connectivity index (χ4n) is 3.76. The molecule has 2 heterocycles. The zero-order valence-corrected chi connectivity index (χ0v) is 19.5. The number of carbonyl (C=O) groups is 1. The van der Waals surface area contributed by atoms with Gasteiger partial charge in [-0.05, 0) is 56.2 Å². The SMILES string of the molecule is COc1ccccc1-c1cc2nc(C)c(CCC(=O)Nc3cc(Cl)cc(Cl)c3)c(C)n2n1. The van der Waals surface area contributed by atoms with Gasteiger partial charge in [0.1, 0.15) is 5.75 Å². The predicted molar refractivity (Wildman–Crippen MR) is 128 cm³/mol.